The Labute approximate surface area is 122 Å². The number of carbonyl (C=O) groups is 2. The maximum atomic E-state index is 11.7. The van der Waals surface area contributed by atoms with Crippen LogP contribution in [0.3, 0.4) is 0 Å². The summed E-state index contributed by atoms with van der Waals surface area (Å²) in [4.78, 5) is 33.1. The van der Waals surface area contributed by atoms with Crippen LogP contribution in [0.1, 0.15) is 49.4 Å². The molecule has 0 aromatic heterocycles. The molecule has 0 heterocycles. The van der Waals surface area contributed by atoms with Gasteiger partial charge in [0.05, 0.1) is 4.92 Å². The molecule has 0 aliphatic carbocycles. The van der Waals surface area contributed by atoms with Crippen LogP contribution in [0.2, 0.25) is 0 Å². The third-order valence-corrected chi connectivity index (χ3v) is 2.91. The number of nitro benzene ring substituents is 1. The first kappa shape index (κ1) is 16.6. The summed E-state index contributed by atoms with van der Waals surface area (Å²) in [6, 6.07) is 5.14. The average Bonchev–Trinajstić information content (AvgIpc) is 2.49. The van der Waals surface area contributed by atoms with Gasteiger partial charge in [-0.25, -0.2) is 0 Å². The Balaban J connectivity index is 2.36. The minimum atomic E-state index is -0.542. The van der Waals surface area contributed by atoms with Gasteiger partial charge in [-0.05, 0) is 18.6 Å². The fourth-order valence-electron chi connectivity index (χ4n) is 1.71. The van der Waals surface area contributed by atoms with Gasteiger partial charge in [0.15, 0.2) is 0 Å². The Bertz CT molecular complexity index is 499. The summed E-state index contributed by atoms with van der Waals surface area (Å²) in [5.41, 5.74) is 4.75. The number of non-ortho nitro benzene ring substituents is 1. The van der Waals surface area contributed by atoms with Crippen molar-refractivity contribution in [3.05, 3.63) is 39.9 Å². The molecule has 21 heavy (non-hydrogen) atoms. The Morgan fingerprint density at radius 2 is 1.76 bits per heavy atom. The molecule has 7 nitrogen and oxygen atoms in total. The summed E-state index contributed by atoms with van der Waals surface area (Å²) in [6.45, 7) is 2.09. The van der Waals surface area contributed by atoms with Gasteiger partial charge in [0.1, 0.15) is 0 Å². The van der Waals surface area contributed by atoms with E-state index in [2.05, 4.69) is 17.8 Å². The lowest BCUT2D eigenvalue weighted by atomic mass is 10.1. The number of nitro groups is 1. The lowest BCUT2D eigenvalue weighted by Gasteiger charge is -2.07. The van der Waals surface area contributed by atoms with Gasteiger partial charge in [-0.3, -0.25) is 30.6 Å². The molecule has 0 fully saturated rings. The van der Waals surface area contributed by atoms with Crippen LogP contribution in [0, 0.1) is 10.1 Å². The van der Waals surface area contributed by atoms with Gasteiger partial charge in [-0.1, -0.05) is 26.2 Å². The molecule has 0 spiro atoms. The van der Waals surface area contributed by atoms with E-state index < -0.39 is 10.8 Å². The van der Waals surface area contributed by atoms with E-state index in [1.54, 1.807) is 0 Å². The van der Waals surface area contributed by atoms with Crippen LogP contribution >= 0.6 is 0 Å². The second-order valence-electron chi connectivity index (χ2n) is 4.62. The molecule has 0 atom stereocenters. The molecule has 2 amide bonds. The molecule has 0 bridgehead atoms. The molecule has 7 heteroatoms. The second kappa shape index (κ2) is 8.68. The van der Waals surface area contributed by atoms with Crippen LogP contribution in [0.25, 0.3) is 0 Å². The lowest BCUT2D eigenvalue weighted by molar-refractivity contribution is -0.384. The van der Waals surface area contributed by atoms with Crippen molar-refractivity contribution in [1.29, 1.82) is 0 Å². The lowest BCUT2D eigenvalue weighted by Crippen LogP contribution is -2.41. The molecule has 1 aromatic rings. The maximum absolute atomic E-state index is 11.7. The number of carbonyl (C=O) groups excluding carboxylic acids is 2. The molecule has 0 radical (unpaired) electrons. The Kier molecular flexibility index (Phi) is 6.86. The van der Waals surface area contributed by atoms with Crippen molar-refractivity contribution in [3.8, 4) is 0 Å². The molecule has 0 saturated heterocycles. The Hall–Kier alpha value is -2.44. The Morgan fingerprint density at radius 3 is 2.33 bits per heavy atom. The minimum absolute atomic E-state index is 0.0912. The van der Waals surface area contributed by atoms with E-state index in [1.807, 2.05) is 0 Å². The quantitative estimate of drug-likeness (QED) is 0.457. The highest BCUT2D eigenvalue weighted by Gasteiger charge is 2.10. The van der Waals surface area contributed by atoms with Gasteiger partial charge < -0.3 is 0 Å². The highest BCUT2D eigenvalue weighted by molar-refractivity contribution is 5.95. The number of nitrogens with one attached hydrogen (secondary N) is 2. The van der Waals surface area contributed by atoms with Crippen LogP contribution in [0.5, 0.6) is 0 Å². The highest BCUT2D eigenvalue weighted by atomic mass is 16.6. The summed E-state index contributed by atoms with van der Waals surface area (Å²) in [6.07, 6.45) is 4.31. The zero-order chi connectivity index (χ0) is 15.7. The first-order valence-corrected chi connectivity index (χ1v) is 6.88. The number of benzene rings is 1. The number of unbranched alkanes of at least 4 members (excludes halogenated alkanes) is 3. The largest absolute Gasteiger partial charge is 0.273 e. The van der Waals surface area contributed by atoms with Gasteiger partial charge >= 0.3 is 0 Å². The summed E-state index contributed by atoms with van der Waals surface area (Å²) in [7, 11) is 0. The Morgan fingerprint density at radius 1 is 1.10 bits per heavy atom. The number of rotatable bonds is 7. The molecule has 0 saturated carbocycles. The monoisotopic (exact) mass is 293 g/mol. The first-order chi connectivity index (χ1) is 10.0. The zero-order valence-electron chi connectivity index (χ0n) is 11.9. The summed E-state index contributed by atoms with van der Waals surface area (Å²) in [5.74, 6) is -0.756. The van der Waals surface area contributed by atoms with Crippen LogP contribution in [-0.4, -0.2) is 16.7 Å². The predicted octanol–water partition coefficient (Wildman–Crippen LogP) is 2.33. The van der Waals surface area contributed by atoms with Crippen LogP contribution < -0.4 is 10.9 Å². The molecular weight excluding hydrogens is 274 g/mol. The standard InChI is InChI=1S/C14H19N3O4/c1-2-3-4-5-6-13(18)15-16-14(19)11-7-9-12(10-8-11)17(20)21/h7-10H,2-6H2,1H3,(H,15,18)(H,16,19). The van der Waals surface area contributed by atoms with E-state index in [4.69, 9.17) is 0 Å². The fourth-order valence-corrected chi connectivity index (χ4v) is 1.71. The normalized spacial score (nSPS) is 9.95. The SMILES string of the molecule is CCCCCCC(=O)NNC(=O)c1ccc([N+](=O)[O-])cc1. The van der Waals surface area contributed by atoms with Crippen LogP contribution in [0.4, 0.5) is 5.69 Å². The average molecular weight is 293 g/mol. The van der Waals surface area contributed by atoms with Gasteiger partial charge in [0.25, 0.3) is 11.6 Å². The van der Waals surface area contributed by atoms with Crippen molar-refractivity contribution in [2.75, 3.05) is 0 Å². The third-order valence-electron chi connectivity index (χ3n) is 2.91. The molecular formula is C14H19N3O4. The smallest absolute Gasteiger partial charge is 0.269 e. The van der Waals surface area contributed by atoms with Gasteiger partial charge in [0.2, 0.25) is 5.91 Å². The van der Waals surface area contributed by atoms with Crippen LogP contribution in [0.15, 0.2) is 24.3 Å². The number of hydrogen-bond acceptors (Lipinski definition) is 4. The molecule has 2 N–H and O–H groups in total. The highest BCUT2D eigenvalue weighted by Crippen LogP contribution is 2.11. The van der Waals surface area contributed by atoms with E-state index in [0.29, 0.717) is 6.42 Å². The minimum Gasteiger partial charge on any atom is -0.273 e. The van der Waals surface area contributed by atoms with Crippen molar-refractivity contribution in [2.45, 2.75) is 39.0 Å². The summed E-state index contributed by atoms with van der Waals surface area (Å²) >= 11 is 0. The van der Waals surface area contributed by atoms with Crippen molar-refractivity contribution < 1.29 is 14.5 Å². The van der Waals surface area contributed by atoms with E-state index in [-0.39, 0.29) is 17.2 Å². The maximum Gasteiger partial charge on any atom is 0.269 e. The van der Waals surface area contributed by atoms with Crippen molar-refractivity contribution in [1.82, 2.24) is 10.9 Å². The molecule has 114 valence electrons. The number of hydrazine groups is 1. The molecule has 1 rings (SSSR count). The topological polar surface area (TPSA) is 101 Å². The van der Waals surface area contributed by atoms with Gasteiger partial charge in [-0.15, -0.1) is 0 Å². The molecule has 1 aromatic carbocycles. The van der Waals surface area contributed by atoms with Crippen LogP contribution in [-0.2, 0) is 4.79 Å². The molecule has 0 aliphatic rings. The summed E-state index contributed by atoms with van der Waals surface area (Å²) < 4.78 is 0. The number of nitrogens with zero attached hydrogens (tertiary/aromatic N) is 1. The van der Waals surface area contributed by atoms with E-state index in [0.717, 1.165) is 25.7 Å². The van der Waals surface area contributed by atoms with E-state index in [9.17, 15) is 19.7 Å². The predicted molar refractivity (Wildman–Crippen MR) is 77.5 cm³/mol. The van der Waals surface area contributed by atoms with Crippen molar-refractivity contribution in [3.63, 3.8) is 0 Å². The van der Waals surface area contributed by atoms with Crippen molar-refractivity contribution in [2.24, 2.45) is 0 Å². The molecule has 0 aliphatic heterocycles. The molecule has 0 unspecified atom stereocenters. The number of hydrogen-bond donors (Lipinski definition) is 2. The fraction of sp³-hybridized carbons (Fsp3) is 0.429. The van der Waals surface area contributed by atoms with Gasteiger partial charge in [-0.2, -0.15) is 0 Å². The third kappa shape index (κ3) is 6.03. The van der Waals surface area contributed by atoms with E-state index >= 15 is 0 Å². The van der Waals surface area contributed by atoms with Gasteiger partial charge in [0, 0.05) is 24.1 Å². The first-order valence-electron chi connectivity index (χ1n) is 6.88. The second-order valence-corrected chi connectivity index (χ2v) is 4.62. The zero-order valence-corrected chi connectivity index (χ0v) is 11.9. The van der Waals surface area contributed by atoms with E-state index in [1.165, 1.54) is 24.3 Å². The summed E-state index contributed by atoms with van der Waals surface area (Å²) in [5, 5.41) is 10.5. The van der Waals surface area contributed by atoms with Crippen molar-refractivity contribution >= 4 is 17.5 Å². The number of amides is 2.